The van der Waals surface area contributed by atoms with E-state index in [4.69, 9.17) is 0 Å². The summed E-state index contributed by atoms with van der Waals surface area (Å²) in [6, 6.07) is 46.6. The first-order valence-corrected chi connectivity index (χ1v) is 21.4. The number of nitrogens with zero attached hydrogens (tertiary/aromatic N) is 1. The molecule has 9 aromatic rings. The molecule has 1 aliphatic rings. The van der Waals surface area contributed by atoms with Crippen LogP contribution < -0.4 is 16.2 Å². The van der Waals surface area contributed by atoms with Crippen LogP contribution in [0.25, 0.3) is 69.6 Å². The highest BCUT2D eigenvalue weighted by Gasteiger charge is 2.35. The molecule has 0 radical (unpaired) electrons. The number of rotatable bonds is 3. The van der Waals surface area contributed by atoms with Crippen LogP contribution >= 0.6 is 11.3 Å². The smallest absolute Gasteiger partial charge is 0.212 e. The van der Waals surface area contributed by atoms with E-state index in [1.807, 2.05) is 11.3 Å². The van der Waals surface area contributed by atoms with E-state index in [-0.39, 0.29) is 23.0 Å². The number of fused-ring (bicyclic) bond motifs is 10. The molecule has 0 unspecified atom stereocenters. The Morgan fingerprint density at radius 3 is 1.86 bits per heavy atom. The fourth-order valence-corrected chi connectivity index (χ4v) is 10.6. The lowest BCUT2D eigenvalue weighted by Gasteiger charge is -2.30. The fourth-order valence-electron chi connectivity index (χ4n) is 9.45. The van der Waals surface area contributed by atoms with Gasteiger partial charge in [-0.2, -0.15) is 0 Å². The minimum Gasteiger partial charge on any atom is -0.355 e. The van der Waals surface area contributed by atoms with Gasteiger partial charge in [-0.05, 0) is 103 Å². The van der Waals surface area contributed by atoms with E-state index in [0.717, 1.165) is 11.4 Å². The molecule has 0 bridgehead atoms. The predicted molar refractivity (Wildman–Crippen MR) is 253 cm³/mol. The van der Waals surface area contributed by atoms with Gasteiger partial charge in [-0.1, -0.05) is 147 Å². The lowest BCUT2D eigenvalue weighted by Crippen LogP contribution is -2.47. The van der Waals surface area contributed by atoms with Crippen molar-refractivity contribution in [2.24, 2.45) is 0 Å². The van der Waals surface area contributed by atoms with Crippen LogP contribution in [0, 0.1) is 0 Å². The van der Waals surface area contributed by atoms with Gasteiger partial charge in [-0.15, -0.1) is 11.3 Å². The maximum atomic E-state index is 4.00. The second-order valence-electron chi connectivity index (χ2n) is 19.6. The van der Waals surface area contributed by atoms with Gasteiger partial charge >= 0.3 is 0 Å². The first-order chi connectivity index (χ1) is 27.1. The molecule has 0 amide bonds. The Bertz CT molecular complexity index is 3100. The third-order valence-electron chi connectivity index (χ3n) is 12.7. The van der Waals surface area contributed by atoms with Gasteiger partial charge in [0.05, 0.1) is 11.0 Å². The van der Waals surface area contributed by atoms with Crippen molar-refractivity contribution in [2.75, 3.05) is 5.32 Å². The average Bonchev–Trinajstić information content (AvgIpc) is 3.71. The number of aromatic nitrogens is 1. The molecule has 57 heavy (non-hydrogen) atoms. The van der Waals surface area contributed by atoms with Gasteiger partial charge in [-0.25, -0.2) is 0 Å². The molecule has 1 N–H and O–H groups in total. The largest absolute Gasteiger partial charge is 0.355 e. The standard InChI is InChI=1S/C53H51BN2S/c1-51(2,3)31-19-23-34(24-20-31)55-42-29-38-35-15-13-14-18-45(35)57-46(38)30-39(42)47-36-16-11-12-17-37(36)48-40-27-32(52(4,5)6)21-25-43(40)56-44-26-22-33(53(7,8)9)28-41(44)54(10)49(47)50(48)56/h11-30,55H,1-10H3. The highest BCUT2D eigenvalue weighted by atomic mass is 32.1. The molecular formula is C53H51BN2S. The van der Waals surface area contributed by atoms with E-state index in [1.54, 1.807) is 0 Å². The number of hydrogen-bond donors (Lipinski definition) is 1. The molecule has 0 saturated heterocycles. The van der Waals surface area contributed by atoms with Crippen molar-refractivity contribution in [1.29, 1.82) is 0 Å². The van der Waals surface area contributed by atoms with Crippen LogP contribution in [-0.4, -0.2) is 11.3 Å². The SMILES string of the molecule is CB1c2cc(C(C)(C)C)ccc2-n2c3ccc(C(C)(C)C)cc3c3c4ccccc4c(-c4cc5sc6ccccc6c5cc4Nc4ccc(C(C)(C)C)cc4)c1c32. The van der Waals surface area contributed by atoms with Gasteiger partial charge in [-0.3, -0.25) is 0 Å². The van der Waals surface area contributed by atoms with Gasteiger partial charge in [0.1, 0.15) is 0 Å². The van der Waals surface area contributed by atoms with Crippen molar-refractivity contribution in [3.8, 4) is 16.8 Å². The Labute approximate surface area is 341 Å². The summed E-state index contributed by atoms with van der Waals surface area (Å²) in [4.78, 5) is 0. The summed E-state index contributed by atoms with van der Waals surface area (Å²) in [5.74, 6) is 0. The van der Waals surface area contributed by atoms with Crippen molar-refractivity contribution in [3.05, 3.63) is 138 Å². The minimum atomic E-state index is 0.0273. The molecule has 282 valence electrons. The van der Waals surface area contributed by atoms with Crippen molar-refractivity contribution in [3.63, 3.8) is 0 Å². The summed E-state index contributed by atoms with van der Waals surface area (Å²) in [5.41, 5.74) is 15.7. The van der Waals surface area contributed by atoms with Gasteiger partial charge in [0.2, 0.25) is 6.71 Å². The first kappa shape index (κ1) is 36.1. The van der Waals surface area contributed by atoms with Crippen molar-refractivity contribution in [2.45, 2.75) is 85.4 Å². The van der Waals surface area contributed by atoms with Crippen molar-refractivity contribution < 1.29 is 0 Å². The second-order valence-corrected chi connectivity index (χ2v) is 20.6. The molecule has 7 aromatic carbocycles. The lowest BCUT2D eigenvalue weighted by molar-refractivity contribution is 0.590. The average molecular weight is 759 g/mol. The van der Waals surface area contributed by atoms with Gasteiger partial charge in [0.25, 0.3) is 0 Å². The van der Waals surface area contributed by atoms with Crippen LogP contribution in [-0.2, 0) is 16.2 Å². The number of nitrogens with one attached hydrogen (secondary N) is 1. The Balaban J connectivity index is 1.36. The third-order valence-corrected chi connectivity index (χ3v) is 13.8. The van der Waals surface area contributed by atoms with Crippen LogP contribution in [0.15, 0.2) is 121 Å². The van der Waals surface area contributed by atoms with E-state index in [9.17, 15) is 0 Å². The quantitative estimate of drug-likeness (QED) is 0.178. The maximum Gasteiger partial charge on any atom is 0.212 e. The van der Waals surface area contributed by atoms with Crippen LogP contribution in [0.5, 0.6) is 0 Å². The summed E-state index contributed by atoms with van der Waals surface area (Å²) in [7, 11) is 0. The molecular weight excluding hydrogens is 707 g/mol. The molecule has 0 saturated carbocycles. The summed E-state index contributed by atoms with van der Waals surface area (Å²) >= 11 is 1.90. The highest BCUT2D eigenvalue weighted by molar-refractivity contribution is 7.25. The molecule has 10 rings (SSSR count). The van der Waals surface area contributed by atoms with Crippen LogP contribution in [0.2, 0.25) is 6.82 Å². The van der Waals surface area contributed by atoms with E-state index in [1.165, 1.54) is 97.2 Å². The summed E-state index contributed by atoms with van der Waals surface area (Å²) < 4.78 is 5.24. The van der Waals surface area contributed by atoms with E-state index in [0.29, 0.717) is 0 Å². The molecule has 0 fully saturated rings. The highest BCUT2D eigenvalue weighted by Crippen LogP contribution is 2.47. The number of hydrogen-bond acceptors (Lipinski definition) is 2. The molecule has 0 aliphatic carbocycles. The van der Waals surface area contributed by atoms with Crippen LogP contribution in [0.3, 0.4) is 0 Å². The Morgan fingerprint density at radius 1 is 0.544 bits per heavy atom. The topological polar surface area (TPSA) is 17.0 Å². The van der Waals surface area contributed by atoms with Crippen molar-refractivity contribution >= 4 is 93.1 Å². The summed E-state index contributed by atoms with van der Waals surface area (Å²) in [6.07, 6.45) is 0. The third kappa shape index (κ3) is 5.58. The molecule has 0 atom stereocenters. The number of thiophene rings is 1. The molecule has 4 heteroatoms. The lowest BCUT2D eigenvalue weighted by atomic mass is 9.39. The zero-order valence-corrected chi connectivity index (χ0v) is 35.8. The first-order valence-electron chi connectivity index (χ1n) is 20.6. The molecule has 3 heterocycles. The van der Waals surface area contributed by atoms with E-state index >= 15 is 0 Å². The maximum absolute atomic E-state index is 4.00. The van der Waals surface area contributed by atoms with Crippen LogP contribution in [0.1, 0.15) is 79.0 Å². The van der Waals surface area contributed by atoms with Gasteiger partial charge in [0.15, 0.2) is 0 Å². The second kappa shape index (κ2) is 12.3. The summed E-state index contributed by atoms with van der Waals surface area (Å²) in [6.45, 7) is 23.4. The molecule has 1 aliphatic heterocycles. The minimum absolute atomic E-state index is 0.0273. The van der Waals surface area contributed by atoms with E-state index < -0.39 is 0 Å². The summed E-state index contributed by atoms with van der Waals surface area (Å²) in [5, 5.41) is 11.9. The Kier molecular flexibility index (Phi) is 7.81. The fraction of sp³-hybridized carbons (Fsp3) is 0.245. The Hall–Kier alpha value is -5.32. The van der Waals surface area contributed by atoms with Crippen LogP contribution in [0.4, 0.5) is 11.4 Å². The van der Waals surface area contributed by atoms with E-state index in [2.05, 4.69) is 200 Å². The normalized spacial score (nSPS) is 13.4. The van der Waals surface area contributed by atoms with Gasteiger partial charge in [0, 0.05) is 53.6 Å². The monoisotopic (exact) mass is 758 g/mol. The molecule has 2 nitrogen and oxygen atoms in total. The molecule has 0 spiro atoms. The zero-order chi connectivity index (χ0) is 39.8. The zero-order valence-electron chi connectivity index (χ0n) is 35.0. The number of benzene rings is 7. The molecule has 2 aromatic heterocycles. The van der Waals surface area contributed by atoms with Gasteiger partial charge < -0.3 is 9.88 Å². The number of anilines is 2. The predicted octanol–water partition coefficient (Wildman–Crippen LogP) is 14.2. The van der Waals surface area contributed by atoms with Crippen molar-refractivity contribution in [1.82, 2.24) is 4.57 Å². The Morgan fingerprint density at radius 2 is 1.16 bits per heavy atom.